The van der Waals surface area contributed by atoms with Gasteiger partial charge < -0.3 is 14.8 Å². The van der Waals surface area contributed by atoms with Crippen LogP contribution in [-0.2, 0) is 17.6 Å². The first-order valence-corrected chi connectivity index (χ1v) is 9.71. The van der Waals surface area contributed by atoms with Gasteiger partial charge in [0.05, 0.1) is 6.20 Å². The van der Waals surface area contributed by atoms with Crippen molar-refractivity contribution >= 4 is 22.7 Å². The van der Waals surface area contributed by atoms with Crippen molar-refractivity contribution in [2.45, 2.75) is 19.3 Å². The number of hydrogen-bond acceptors (Lipinski definition) is 4. The monoisotopic (exact) mass is 378 g/mol. The Hall–Kier alpha value is -3.16. The summed E-state index contributed by atoms with van der Waals surface area (Å²) in [5.41, 5.74) is 3.80. The van der Waals surface area contributed by atoms with E-state index in [0.717, 1.165) is 35.9 Å². The highest BCUT2D eigenvalue weighted by Gasteiger charge is 2.32. The molecule has 1 saturated heterocycles. The van der Waals surface area contributed by atoms with Gasteiger partial charge in [-0.25, -0.2) is 0 Å². The average Bonchev–Trinajstić information content (AvgIpc) is 3.39. The molecule has 28 heavy (non-hydrogen) atoms. The molecule has 1 aliphatic carbocycles. The summed E-state index contributed by atoms with van der Waals surface area (Å²) in [6.45, 7) is 2.28. The molecular formula is C20H22N6O2. The molecule has 5 rings (SSSR count). The maximum Gasteiger partial charge on any atom is 0.270 e. The number of carbonyl (C=O) groups is 2. The largest absolute Gasteiger partial charge is 0.350 e. The quantitative estimate of drug-likeness (QED) is 0.704. The van der Waals surface area contributed by atoms with Crippen molar-refractivity contribution < 1.29 is 9.59 Å². The highest BCUT2D eigenvalue weighted by molar-refractivity contribution is 5.98. The van der Waals surface area contributed by atoms with E-state index in [1.807, 2.05) is 28.1 Å². The van der Waals surface area contributed by atoms with E-state index >= 15 is 0 Å². The van der Waals surface area contributed by atoms with Crippen LogP contribution in [0.2, 0.25) is 0 Å². The zero-order chi connectivity index (χ0) is 19.1. The standard InChI is InChI=1S/C20H22N6O2/c27-19(13-1-2-14-12-22-24-17(14)9-13)25-5-7-26(8-6-25)20(28)18-10-15-11-21-4-3-16(15)23-18/h3-4,10-13,23H,1-2,5-9H2,(H,22,24). The molecule has 4 heterocycles. The number of amides is 2. The highest BCUT2D eigenvalue weighted by atomic mass is 16.2. The Bertz CT molecular complexity index is 997. The van der Waals surface area contributed by atoms with E-state index in [4.69, 9.17) is 0 Å². The topological polar surface area (TPSA) is 98.0 Å². The number of fused-ring (bicyclic) bond motifs is 2. The van der Waals surface area contributed by atoms with Gasteiger partial charge in [-0.2, -0.15) is 5.10 Å². The molecule has 2 amide bonds. The van der Waals surface area contributed by atoms with Crippen LogP contribution < -0.4 is 0 Å². The van der Waals surface area contributed by atoms with Crippen LogP contribution >= 0.6 is 0 Å². The number of nitrogens with zero attached hydrogens (tertiary/aromatic N) is 4. The van der Waals surface area contributed by atoms with Crippen LogP contribution in [0.15, 0.2) is 30.7 Å². The molecule has 0 saturated carbocycles. The summed E-state index contributed by atoms with van der Waals surface area (Å²) < 4.78 is 0. The van der Waals surface area contributed by atoms with Gasteiger partial charge in [-0.1, -0.05) is 0 Å². The van der Waals surface area contributed by atoms with Crippen LogP contribution in [0.25, 0.3) is 10.9 Å². The summed E-state index contributed by atoms with van der Waals surface area (Å²) in [6, 6.07) is 3.70. The van der Waals surface area contributed by atoms with Crippen LogP contribution in [0.5, 0.6) is 0 Å². The molecule has 1 fully saturated rings. The lowest BCUT2D eigenvalue weighted by Crippen LogP contribution is -2.52. The molecule has 0 spiro atoms. The smallest absolute Gasteiger partial charge is 0.270 e. The van der Waals surface area contributed by atoms with Gasteiger partial charge in [0, 0.05) is 67.5 Å². The highest BCUT2D eigenvalue weighted by Crippen LogP contribution is 2.26. The van der Waals surface area contributed by atoms with E-state index in [-0.39, 0.29) is 17.7 Å². The van der Waals surface area contributed by atoms with Crippen LogP contribution in [0.4, 0.5) is 0 Å². The molecule has 3 aromatic heterocycles. The first kappa shape index (κ1) is 17.0. The summed E-state index contributed by atoms with van der Waals surface area (Å²) >= 11 is 0. The number of aryl methyl sites for hydroxylation is 1. The van der Waals surface area contributed by atoms with Crippen molar-refractivity contribution in [3.05, 3.63) is 47.7 Å². The molecule has 0 aromatic carbocycles. The second-order valence-electron chi connectivity index (χ2n) is 7.58. The number of rotatable bonds is 2. The normalized spacial score (nSPS) is 19.6. The molecule has 3 aromatic rings. The lowest BCUT2D eigenvalue weighted by Gasteiger charge is -2.37. The average molecular weight is 378 g/mol. The second kappa shape index (κ2) is 6.78. The third-order valence-corrected chi connectivity index (χ3v) is 5.90. The number of pyridine rings is 1. The SMILES string of the molecule is O=C(c1cc2cnccc2[nH]1)N1CCN(C(=O)C2CCc3cn[nH]c3C2)CC1. The zero-order valence-electron chi connectivity index (χ0n) is 15.5. The Morgan fingerprint density at radius 1 is 1.11 bits per heavy atom. The Kier molecular flexibility index (Phi) is 4.11. The minimum Gasteiger partial charge on any atom is -0.350 e. The van der Waals surface area contributed by atoms with E-state index in [9.17, 15) is 9.59 Å². The third kappa shape index (κ3) is 2.94. The first-order chi connectivity index (χ1) is 13.7. The summed E-state index contributed by atoms with van der Waals surface area (Å²) in [7, 11) is 0. The molecule has 8 nitrogen and oxygen atoms in total. The Morgan fingerprint density at radius 2 is 1.93 bits per heavy atom. The number of H-pyrrole nitrogens is 2. The molecule has 2 N–H and O–H groups in total. The van der Waals surface area contributed by atoms with Crippen LogP contribution in [-0.4, -0.2) is 68.0 Å². The van der Waals surface area contributed by atoms with E-state index in [1.54, 1.807) is 12.4 Å². The summed E-state index contributed by atoms with van der Waals surface area (Å²) in [6.07, 6.45) is 7.81. The van der Waals surface area contributed by atoms with Gasteiger partial charge in [-0.15, -0.1) is 0 Å². The fourth-order valence-electron chi connectivity index (χ4n) is 4.26. The van der Waals surface area contributed by atoms with Gasteiger partial charge in [-0.3, -0.25) is 19.7 Å². The molecule has 0 radical (unpaired) electrons. The molecule has 1 atom stereocenters. The minimum atomic E-state index is -0.0249. The van der Waals surface area contributed by atoms with Gasteiger partial charge in [0.15, 0.2) is 0 Å². The maximum atomic E-state index is 12.9. The minimum absolute atomic E-state index is 0.0106. The van der Waals surface area contributed by atoms with Crippen molar-refractivity contribution in [2.75, 3.05) is 26.2 Å². The lowest BCUT2D eigenvalue weighted by atomic mass is 9.87. The van der Waals surface area contributed by atoms with Crippen molar-refractivity contribution in [3.63, 3.8) is 0 Å². The number of aromatic amines is 2. The Morgan fingerprint density at radius 3 is 2.75 bits per heavy atom. The number of nitrogens with one attached hydrogen (secondary N) is 2. The number of hydrogen-bond donors (Lipinski definition) is 2. The third-order valence-electron chi connectivity index (χ3n) is 5.90. The molecule has 8 heteroatoms. The van der Waals surface area contributed by atoms with Gasteiger partial charge >= 0.3 is 0 Å². The fraction of sp³-hybridized carbons (Fsp3) is 0.400. The van der Waals surface area contributed by atoms with Crippen LogP contribution in [0, 0.1) is 5.92 Å². The number of carbonyl (C=O) groups excluding carboxylic acids is 2. The maximum absolute atomic E-state index is 12.9. The van der Waals surface area contributed by atoms with Gasteiger partial charge in [0.25, 0.3) is 5.91 Å². The second-order valence-corrected chi connectivity index (χ2v) is 7.58. The predicted molar refractivity (Wildman–Crippen MR) is 103 cm³/mol. The van der Waals surface area contributed by atoms with Crippen molar-refractivity contribution in [1.29, 1.82) is 0 Å². The van der Waals surface area contributed by atoms with E-state index < -0.39 is 0 Å². The van der Waals surface area contributed by atoms with Crippen molar-refractivity contribution in [3.8, 4) is 0 Å². The van der Waals surface area contributed by atoms with E-state index in [0.29, 0.717) is 31.9 Å². The Labute approximate surface area is 161 Å². The van der Waals surface area contributed by atoms with Crippen LogP contribution in [0.1, 0.15) is 28.2 Å². The molecule has 1 unspecified atom stereocenters. The molecule has 144 valence electrons. The molecule has 0 bridgehead atoms. The first-order valence-electron chi connectivity index (χ1n) is 9.71. The summed E-state index contributed by atoms with van der Waals surface area (Å²) in [5, 5.41) is 8.02. The van der Waals surface area contributed by atoms with E-state index in [2.05, 4.69) is 20.2 Å². The molecule has 2 aliphatic rings. The molecule has 1 aliphatic heterocycles. The summed E-state index contributed by atoms with van der Waals surface area (Å²) in [4.78, 5) is 36.7. The summed E-state index contributed by atoms with van der Waals surface area (Å²) in [5.74, 6) is 0.184. The van der Waals surface area contributed by atoms with Crippen molar-refractivity contribution in [2.24, 2.45) is 5.92 Å². The lowest BCUT2D eigenvalue weighted by molar-refractivity contribution is -0.137. The van der Waals surface area contributed by atoms with Crippen LogP contribution in [0.3, 0.4) is 0 Å². The predicted octanol–water partition coefficient (Wildman–Crippen LogP) is 1.38. The Balaban J connectivity index is 1.21. The van der Waals surface area contributed by atoms with Gasteiger partial charge in [-0.05, 0) is 30.5 Å². The fourth-order valence-corrected chi connectivity index (χ4v) is 4.26. The van der Waals surface area contributed by atoms with Gasteiger partial charge in [0.1, 0.15) is 5.69 Å². The number of aromatic nitrogens is 4. The van der Waals surface area contributed by atoms with Crippen molar-refractivity contribution in [1.82, 2.24) is 30.0 Å². The van der Waals surface area contributed by atoms with E-state index in [1.165, 1.54) is 5.56 Å². The van der Waals surface area contributed by atoms with Gasteiger partial charge in [0.2, 0.25) is 5.91 Å². The number of piperazine rings is 1. The zero-order valence-corrected chi connectivity index (χ0v) is 15.5. The molecular weight excluding hydrogens is 356 g/mol.